The SMILES string of the molecule is CC[C@H](C)[C@@H]1NC(=O)CNC(=O)[C@@H]2Cc3c([nH]c4ccc(NC(=O)CCN)cc34)SC[C@H](NC(=O)CNC1=O)C(=O)N[C@@H](CC(=O)OC)C(=O)N1CCC[C@H]1C(=O)N[C@@H]([C@@H](C)CC)C(=O)N2. The highest BCUT2D eigenvalue weighted by atomic mass is 32.2. The Morgan fingerprint density at radius 1 is 0.833 bits per heavy atom. The number of ether oxygens (including phenoxy) is 1. The van der Waals surface area contributed by atoms with Crippen molar-refractivity contribution in [1.29, 1.82) is 0 Å². The van der Waals surface area contributed by atoms with Crippen molar-refractivity contribution in [1.82, 2.24) is 47.1 Å². The van der Waals surface area contributed by atoms with Crippen LogP contribution in [0.2, 0.25) is 0 Å². The minimum atomic E-state index is -1.56. The Labute approximate surface area is 385 Å². The van der Waals surface area contributed by atoms with Crippen LogP contribution in [0.25, 0.3) is 10.9 Å². The molecule has 360 valence electrons. The van der Waals surface area contributed by atoms with Gasteiger partial charge in [-0.05, 0) is 48.4 Å². The largest absolute Gasteiger partial charge is 0.469 e. The van der Waals surface area contributed by atoms with E-state index in [4.69, 9.17) is 10.5 Å². The van der Waals surface area contributed by atoms with Gasteiger partial charge in [-0.1, -0.05) is 40.5 Å². The van der Waals surface area contributed by atoms with Gasteiger partial charge in [0.15, 0.2) is 0 Å². The van der Waals surface area contributed by atoms with Gasteiger partial charge in [-0.25, -0.2) is 0 Å². The molecule has 3 aliphatic rings. The quantitative estimate of drug-likeness (QED) is 0.127. The first-order chi connectivity index (χ1) is 31.5. The van der Waals surface area contributed by atoms with Gasteiger partial charge in [-0.2, -0.15) is 0 Å². The molecular formula is C43H61N11O11S. The van der Waals surface area contributed by atoms with E-state index in [1.165, 1.54) is 4.90 Å². The standard InChI is InChI=1S/C43H61N11O11S/c1-6-21(3)35-40(62)46-18-32(56)48-29-20-66-42-25(24-15-23(10-11-26(24)51-42)47-31(55)12-13-44)16-27(37(59)45-19-33(57)52-35)49-41(63)36(22(4)7-2)53-39(61)30-9-8-14-54(30)43(64)28(50-38(29)60)17-34(58)65-5/h10-11,15,21-22,27-30,35-36,51H,6-9,12-14,16-20,44H2,1-5H3,(H,45,59)(H,46,62)(H,47,55)(H,48,56)(H,49,63)(H,50,60)(H,52,57)(H,53,61)/t21-,22-,27-,28-,29-,30-,35-,36-/m0/s1. The van der Waals surface area contributed by atoms with Crippen molar-refractivity contribution in [3.63, 3.8) is 0 Å². The zero-order valence-corrected chi connectivity index (χ0v) is 38.6. The number of hydrogen-bond acceptors (Lipinski definition) is 13. The highest BCUT2D eigenvalue weighted by molar-refractivity contribution is 7.99. The molecule has 8 atom stereocenters. The highest BCUT2D eigenvalue weighted by Crippen LogP contribution is 2.33. The molecule has 2 bridgehead atoms. The number of rotatable bonds is 9. The summed E-state index contributed by atoms with van der Waals surface area (Å²) < 4.78 is 4.87. The number of fused-ring (bicyclic) bond motifs is 5. The predicted octanol–water partition coefficient (Wildman–Crippen LogP) is -1.58. The number of methoxy groups -OCH3 is 1. The van der Waals surface area contributed by atoms with Crippen molar-refractivity contribution in [3.05, 3.63) is 23.8 Å². The molecule has 4 heterocycles. The number of carbonyl (C=O) groups is 10. The number of benzene rings is 1. The number of esters is 1. The van der Waals surface area contributed by atoms with E-state index in [0.717, 1.165) is 18.9 Å². The van der Waals surface area contributed by atoms with Crippen LogP contribution in [0.4, 0.5) is 5.69 Å². The van der Waals surface area contributed by atoms with E-state index in [0.29, 0.717) is 46.4 Å². The topological polar surface area (TPSA) is 321 Å². The van der Waals surface area contributed by atoms with Crippen LogP contribution < -0.4 is 48.3 Å². The summed E-state index contributed by atoms with van der Waals surface area (Å²) in [5.41, 5.74) is 6.93. The van der Waals surface area contributed by atoms with Crippen LogP contribution >= 0.6 is 11.8 Å². The number of nitrogens with one attached hydrogen (secondary N) is 9. The number of aromatic amines is 1. The lowest BCUT2D eigenvalue weighted by Crippen LogP contribution is -2.61. The molecule has 5 rings (SSSR count). The van der Waals surface area contributed by atoms with E-state index >= 15 is 0 Å². The lowest BCUT2D eigenvalue weighted by Gasteiger charge is -2.32. The van der Waals surface area contributed by atoms with Crippen molar-refractivity contribution in [3.8, 4) is 0 Å². The van der Waals surface area contributed by atoms with E-state index in [9.17, 15) is 47.9 Å². The molecule has 1 aromatic carbocycles. The molecule has 11 N–H and O–H groups in total. The smallest absolute Gasteiger partial charge is 0.308 e. The van der Waals surface area contributed by atoms with Gasteiger partial charge >= 0.3 is 5.97 Å². The molecule has 23 heteroatoms. The van der Waals surface area contributed by atoms with Crippen LogP contribution in [0, 0.1) is 11.8 Å². The third-order valence-electron chi connectivity index (χ3n) is 12.1. The summed E-state index contributed by atoms with van der Waals surface area (Å²) in [6.07, 6.45) is 0.577. The third-order valence-corrected chi connectivity index (χ3v) is 13.2. The minimum Gasteiger partial charge on any atom is -0.469 e. The Balaban J connectivity index is 1.71. The van der Waals surface area contributed by atoms with Crippen LogP contribution in [0.15, 0.2) is 23.2 Å². The molecule has 0 spiro atoms. The maximum Gasteiger partial charge on any atom is 0.308 e. The number of nitrogens with two attached hydrogens (primary N) is 1. The van der Waals surface area contributed by atoms with E-state index in [2.05, 4.69) is 47.5 Å². The number of carbonyl (C=O) groups excluding carboxylic acids is 10. The molecule has 22 nitrogen and oxygen atoms in total. The highest BCUT2D eigenvalue weighted by Gasteiger charge is 2.42. The van der Waals surface area contributed by atoms with Crippen LogP contribution in [0.3, 0.4) is 0 Å². The Hall–Kier alpha value is -6.23. The van der Waals surface area contributed by atoms with Crippen molar-refractivity contribution in [2.75, 3.05) is 44.4 Å². The van der Waals surface area contributed by atoms with E-state index < -0.39 is 121 Å². The summed E-state index contributed by atoms with van der Waals surface area (Å²) in [5, 5.41) is 22.2. The molecule has 0 unspecified atom stereocenters. The summed E-state index contributed by atoms with van der Waals surface area (Å²) in [4.78, 5) is 142. The van der Waals surface area contributed by atoms with E-state index in [1.807, 2.05) is 6.92 Å². The van der Waals surface area contributed by atoms with Crippen molar-refractivity contribution >= 4 is 87.5 Å². The molecule has 66 heavy (non-hydrogen) atoms. The second-order valence-electron chi connectivity index (χ2n) is 16.7. The lowest BCUT2D eigenvalue weighted by atomic mass is 9.96. The number of H-pyrrole nitrogens is 1. The summed E-state index contributed by atoms with van der Waals surface area (Å²) in [6.45, 7) is 6.00. The minimum absolute atomic E-state index is 0.0384. The van der Waals surface area contributed by atoms with Crippen molar-refractivity contribution < 1.29 is 52.7 Å². The van der Waals surface area contributed by atoms with Gasteiger partial charge in [0.1, 0.15) is 36.3 Å². The molecule has 1 saturated heterocycles. The molecule has 0 saturated carbocycles. The molecular weight excluding hydrogens is 879 g/mol. The van der Waals surface area contributed by atoms with Crippen LogP contribution in [-0.2, 0) is 59.1 Å². The first kappa shape index (κ1) is 50.8. The monoisotopic (exact) mass is 939 g/mol. The summed E-state index contributed by atoms with van der Waals surface area (Å²) in [7, 11) is 1.11. The number of aromatic nitrogens is 1. The number of thioether (sulfide) groups is 1. The van der Waals surface area contributed by atoms with Gasteiger partial charge in [0.25, 0.3) is 0 Å². The van der Waals surface area contributed by atoms with Gasteiger partial charge in [0, 0.05) is 48.3 Å². The van der Waals surface area contributed by atoms with Crippen molar-refractivity contribution in [2.45, 2.75) is 114 Å². The Bertz CT molecular complexity index is 2200. The number of hydrogen-bond donors (Lipinski definition) is 10. The fourth-order valence-electron chi connectivity index (χ4n) is 7.92. The van der Waals surface area contributed by atoms with Crippen LogP contribution in [-0.4, -0.2) is 144 Å². The first-order valence-electron chi connectivity index (χ1n) is 22.2. The molecule has 0 radical (unpaired) electrons. The normalized spacial score (nSPS) is 25.1. The summed E-state index contributed by atoms with van der Waals surface area (Å²) >= 11 is 1.04. The van der Waals surface area contributed by atoms with Crippen molar-refractivity contribution in [2.24, 2.45) is 17.6 Å². The number of nitrogens with zero attached hydrogens (tertiary/aromatic N) is 1. The molecule has 0 aliphatic carbocycles. The fraction of sp³-hybridized carbons (Fsp3) is 0.581. The molecule has 1 fully saturated rings. The first-order valence-corrected chi connectivity index (χ1v) is 23.2. The molecule has 1 aromatic heterocycles. The van der Waals surface area contributed by atoms with Gasteiger partial charge in [0.2, 0.25) is 53.2 Å². The van der Waals surface area contributed by atoms with Gasteiger partial charge < -0.3 is 62.9 Å². The summed E-state index contributed by atoms with van der Waals surface area (Å²) in [6, 6.07) is -2.94. The average Bonchev–Trinajstić information content (AvgIpc) is 3.92. The van der Waals surface area contributed by atoms with Gasteiger partial charge in [-0.3, -0.25) is 47.9 Å². The predicted molar refractivity (Wildman–Crippen MR) is 241 cm³/mol. The molecule has 3 aliphatic heterocycles. The van der Waals surface area contributed by atoms with E-state index in [1.54, 1.807) is 39.0 Å². The second-order valence-corrected chi connectivity index (χ2v) is 17.8. The fourth-order valence-corrected chi connectivity index (χ4v) is 9.04. The van der Waals surface area contributed by atoms with Crippen LogP contribution in [0.5, 0.6) is 0 Å². The van der Waals surface area contributed by atoms with Gasteiger partial charge in [-0.15, -0.1) is 11.8 Å². The number of amides is 9. The Kier molecular flexibility index (Phi) is 17.9. The lowest BCUT2D eigenvalue weighted by molar-refractivity contribution is -0.148. The Morgan fingerprint density at radius 2 is 1.50 bits per heavy atom. The maximum atomic E-state index is 14.5. The maximum absolute atomic E-state index is 14.5. The van der Waals surface area contributed by atoms with Crippen LogP contribution in [0.1, 0.15) is 71.8 Å². The second kappa shape index (κ2) is 23.3. The van der Waals surface area contributed by atoms with E-state index in [-0.39, 0.29) is 44.0 Å². The average molecular weight is 940 g/mol. The zero-order chi connectivity index (χ0) is 48.2. The molecule has 9 amide bonds. The molecule has 2 aromatic rings. The third kappa shape index (κ3) is 12.8. The number of anilines is 1. The Morgan fingerprint density at radius 3 is 2.17 bits per heavy atom. The zero-order valence-electron chi connectivity index (χ0n) is 37.8. The van der Waals surface area contributed by atoms with Gasteiger partial charge in [0.05, 0.1) is 31.6 Å². The summed E-state index contributed by atoms with van der Waals surface area (Å²) in [5.74, 6) is -8.52.